The predicted molar refractivity (Wildman–Crippen MR) is 83.2 cm³/mol. The summed E-state index contributed by atoms with van der Waals surface area (Å²) < 4.78 is 4.97. The minimum absolute atomic E-state index is 0.349. The van der Waals surface area contributed by atoms with Crippen molar-refractivity contribution in [2.45, 2.75) is 20.4 Å². The first-order valence-electron chi connectivity index (χ1n) is 6.46. The van der Waals surface area contributed by atoms with Crippen molar-refractivity contribution < 1.29 is 9.53 Å². The number of nitrogens with two attached hydrogens (primary N) is 1. The van der Waals surface area contributed by atoms with E-state index in [-0.39, 0.29) is 5.97 Å². The van der Waals surface area contributed by atoms with E-state index >= 15 is 0 Å². The van der Waals surface area contributed by atoms with Gasteiger partial charge in [-0.15, -0.1) is 11.3 Å². The van der Waals surface area contributed by atoms with Crippen LogP contribution >= 0.6 is 11.3 Å². The topological polar surface area (TPSA) is 64.3 Å². The number of benzene rings is 1. The molecule has 4 nitrogen and oxygen atoms in total. The number of hydrogen-bond donors (Lipinski definition) is 2. The predicted octanol–water partition coefficient (Wildman–Crippen LogP) is 3.43. The molecule has 0 unspecified atom stereocenters. The molecule has 20 heavy (non-hydrogen) atoms. The molecule has 0 saturated heterocycles. The third-order valence-corrected chi connectivity index (χ3v) is 4.02. The fourth-order valence-electron chi connectivity index (χ4n) is 1.84. The number of carbonyl (C=O) groups is 1. The van der Waals surface area contributed by atoms with Crippen LogP contribution in [0.25, 0.3) is 0 Å². The summed E-state index contributed by atoms with van der Waals surface area (Å²) in [6.07, 6.45) is 0. The molecule has 0 fully saturated rings. The summed E-state index contributed by atoms with van der Waals surface area (Å²) in [5.41, 5.74) is 8.75. The normalized spacial score (nSPS) is 10.3. The van der Waals surface area contributed by atoms with Crippen molar-refractivity contribution in [1.29, 1.82) is 0 Å². The first kappa shape index (κ1) is 14.4. The lowest BCUT2D eigenvalue weighted by molar-refractivity contribution is 0.0533. The summed E-state index contributed by atoms with van der Waals surface area (Å²) in [5.74, 6) is -0.362. The molecular weight excluding hydrogens is 272 g/mol. The van der Waals surface area contributed by atoms with Gasteiger partial charge in [0.15, 0.2) is 0 Å². The van der Waals surface area contributed by atoms with Crippen molar-refractivity contribution in [2.24, 2.45) is 0 Å². The fourth-order valence-corrected chi connectivity index (χ4v) is 2.71. The molecule has 1 heterocycles. The highest BCUT2D eigenvalue weighted by Gasteiger charge is 2.15. The highest BCUT2D eigenvalue weighted by molar-refractivity contribution is 7.18. The Labute approximate surface area is 122 Å². The Balaban J connectivity index is 2.06. The number of anilines is 2. The second-order valence-electron chi connectivity index (χ2n) is 4.40. The Hall–Kier alpha value is -2.01. The summed E-state index contributed by atoms with van der Waals surface area (Å²) in [4.78, 5) is 12.1. The number of nitrogen functional groups attached to an aromatic ring is 1. The Bertz CT molecular complexity index is 608. The molecule has 2 rings (SSSR count). The molecule has 5 heteroatoms. The molecule has 0 amide bonds. The Morgan fingerprint density at radius 2 is 2.15 bits per heavy atom. The van der Waals surface area contributed by atoms with E-state index < -0.39 is 0 Å². The fraction of sp³-hybridized carbons (Fsp3) is 0.267. The number of aryl methyl sites for hydroxylation is 1. The SMILES string of the molecule is CCOC(=O)c1sc(NCc2ccccc2C)cc1N. The summed E-state index contributed by atoms with van der Waals surface area (Å²) in [6.45, 7) is 4.90. The minimum Gasteiger partial charge on any atom is -0.462 e. The number of rotatable bonds is 5. The van der Waals surface area contributed by atoms with Crippen LogP contribution in [0.4, 0.5) is 10.7 Å². The molecule has 1 aromatic heterocycles. The van der Waals surface area contributed by atoms with Gasteiger partial charge in [-0.3, -0.25) is 0 Å². The maximum atomic E-state index is 11.7. The molecular formula is C15H18N2O2S. The highest BCUT2D eigenvalue weighted by atomic mass is 32.1. The Kier molecular flexibility index (Phi) is 4.63. The first-order chi connectivity index (χ1) is 9.61. The van der Waals surface area contributed by atoms with Gasteiger partial charge in [0.2, 0.25) is 0 Å². The van der Waals surface area contributed by atoms with Gasteiger partial charge in [0.25, 0.3) is 0 Å². The molecule has 0 aliphatic heterocycles. The summed E-state index contributed by atoms with van der Waals surface area (Å²) >= 11 is 1.32. The van der Waals surface area contributed by atoms with Crippen molar-refractivity contribution in [2.75, 3.05) is 17.7 Å². The van der Waals surface area contributed by atoms with E-state index in [1.165, 1.54) is 22.5 Å². The zero-order valence-corrected chi connectivity index (χ0v) is 12.4. The monoisotopic (exact) mass is 290 g/mol. The van der Waals surface area contributed by atoms with Gasteiger partial charge in [0.1, 0.15) is 4.88 Å². The third kappa shape index (κ3) is 3.30. The molecule has 106 valence electrons. The maximum Gasteiger partial charge on any atom is 0.350 e. The highest BCUT2D eigenvalue weighted by Crippen LogP contribution is 2.30. The van der Waals surface area contributed by atoms with Gasteiger partial charge in [-0.25, -0.2) is 4.79 Å². The van der Waals surface area contributed by atoms with Gasteiger partial charge < -0.3 is 15.8 Å². The van der Waals surface area contributed by atoms with E-state index in [0.29, 0.717) is 23.7 Å². The quantitative estimate of drug-likeness (QED) is 0.828. The molecule has 0 aliphatic rings. The smallest absolute Gasteiger partial charge is 0.350 e. The molecule has 3 N–H and O–H groups in total. The number of carbonyl (C=O) groups excluding carboxylic acids is 1. The van der Waals surface area contributed by atoms with Crippen LogP contribution in [0.1, 0.15) is 27.7 Å². The van der Waals surface area contributed by atoms with Crippen LogP contribution in [0.15, 0.2) is 30.3 Å². The van der Waals surface area contributed by atoms with Gasteiger partial charge in [-0.05, 0) is 31.0 Å². The van der Waals surface area contributed by atoms with Crippen LogP contribution in [0.3, 0.4) is 0 Å². The standard InChI is InChI=1S/C15H18N2O2S/c1-3-19-15(18)14-12(16)8-13(20-14)17-9-11-7-5-4-6-10(11)2/h4-8,17H,3,9,16H2,1-2H3. The zero-order valence-electron chi connectivity index (χ0n) is 11.6. The van der Waals surface area contributed by atoms with Gasteiger partial charge in [-0.1, -0.05) is 24.3 Å². The average Bonchev–Trinajstić information content (AvgIpc) is 2.79. The molecule has 0 atom stereocenters. The van der Waals surface area contributed by atoms with Crippen LogP contribution in [-0.2, 0) is 11.3 Å². The molecule has 0 aliphatic carbocycles. The second-order valence-corrected chi connectivity index (χ2v) is 5.45. The molecule has 0 saturated carbocycles. The number of ether oxygens (including phenoxy) is 1. The molecule has 0 radical (unpaired) electrons. The Morgan fingerprint density at radius 1 is 1.40 bits per heavy atom. The van der Waals surface area contributed by atoms with Crippen LogP contribution in [0.5, 0.6) is 0 Å². The first-order valence-corrected chi connectivity index (χ1v) is 7.28. The lowest BCUT2D eigenvalue weighted by Gasteiger charge is -2.06. The van der Waals surface area contributed by atoms with Crippen molar-refractivity contribution in [3.63, 3.8) is 0 Å². The molecule has 0 bridgehead atoms. The molecule has 1 aromatic carbocycles. The maximum absolute atomic E-state index is 11.7. The largest absolute Gasteiger partial charge is 0.462 e. The second kappa shape index (κ2) is 6.43. The zero-order chi connectivity index (χ0) is 14.5. The van der Waals surface area contributed by atoms with Crippen LogP contribution in [0.2, 0.25) is 0 Å². The lowest BCUT2D eigenvalue weighted by Crippen LogP contribution is -2.04. The lowest BCUT2D eigenvalue weighted by atomic mass is 10.1. The number of esters is 1. The van der Waals surface area contributed by atoms with E-state index in [4.69, 9.17) is 10.5 Å². The number of hydrogen-bond acceptors (Lipinski definition) is 5. The van der Waals surface area contributed by atoms with Gasteiger partial charge in [0.05, 0.1) is 17.3 Å². The summed E-state index contributed by atoms with van der Waals surface area (Å²) in [5, 5.41) is 4.16. The van der Waals surface area contributed by atoms with Gasteiger partial charge >= 0.3 is 5.97 Å². The van der Waals surface area contributed by atoms with Gasteiger partial charge in [-0.2, -0.15) is 0 Å². The van der Waals surface area contributed by atoms with Crippen molar-refractivity contribution in [3.05, 3.63) is 46.3 Å². The summed E-state index contributed by atoms with van der Waals surface area (Å²) in [7, 11) is 0. The summed E-state index contributed by atoms with van der Waals surface area (Å²) in [6, 6.07) is 9.95. The van der Waals surface area contributed by atoms with Crippen molar-refractivity contribution >= 4 is 28.0 Å². The molecule has 2 aromatic rings. The molecule has 0 spiro atoms. The third-order valence-electron chi connectivity index (χ3n) is 2.94. The van der Waals surface area contributed by atoms with Crippen molar-refractivity contribution in [1.82, 2.24) is 0 Å². The Morgan fingerprint density at radius 3 is 2.85 bits per heavy atom. The van der Waals surface area contributed by atoms with E-state index in [0.717, 1.165) is 5.00 Å². The van der Waals surface area contributed by atoms with E-state index in [2.05, 4.69) is 24.4 Å². The number of thiophene rings is 1. The minimum atomic E-state index is -0.362. The van der Waals surface area contributed by atoms with E-state index in [1.54, 1.807) is 13.0 Å². The van der Waals surface area contributed by atoms with E-state index in [1.807, 2.05) is 12.1 Å². The van der Waals surface area contributed by atoms with Crippen LogP contribution < -0.4 is 11.1 Å². The van der Waals surface area contributed by atoms with E-state index in [9.17, 15) is 4.79 Å². The number of nitrogens with one attached hydrogen (secondary N) is 1. The van der Waals surface area contributed by atoms with Crippen LogP contribution in [0, 0.1) is 6.92 Å². The van der Waals surface area contributed by atoms with Crippen LogP contribution in [-0.4, -0.2) is 12.6 Å². The average molecular weight is 290 g/mol. The van der Waals surface area contributed by atoms with Gasteiger partial charge in [0, 0.05) is 6.54 Å². The van der Waals surface area contributed by atoms with Crippen molar-refractivity contribution in [3.8, 4) is 0 Å².